The van der Waals surface area contributed by atoms with Crippen LogP contribution in [0.3, 0.4) is 0 Å². The van der Waals surface area contributed by atoms with Crippen molar-refractivity contribution < 1.29 is 9.59 Å². The molecule has 0 atom stereocenters. The largest absolute Gasteiger partial charge is 0.367 e. The summed E-state index contributed by atoms with van der Waals surface area (Å²) < 4.78 is 0. The minimum absolute atomic E-state index is 0.108. The highest BCUT2D eigenvalue weighted by molar-refractivity contribution is 6.03. The number of primary amides is 1. The van der Waals surface area contributed by atoms with Crippen molar-refractivity contribution in [3.05, 3.63) is 29.6 Å². The summed E-state index contributed by atoms with van der Waals surface area (Å²) in [5, 5.41) is 9.87. The molecule has 3 heterocycles. The number of nitrogens with two attached hydrogens (primary N) is 1. The lowest BCUT2D eigenvalue weighted by atomic mass is 10.1. The maximum absolute atomic E-state index is 12.2. The molecule has 2 aromatic heterocycles. The lowest BCUT2D eigenvalue weighted by Crippen LogP contribution is -2.49. The number of rotatable bonds is 5. The molecule has 1 fully saturated rings. The second-order valence-corrected chi connectivity index (χ2v) is 7.33. The number of nitrogens with one attached hydrogen (secondary N) is 1. The van der Waals surface area contributed by atoms with Crippen molar-refractivity contribution in [1.82, 2.24) is 14.9 Å². The lowest BCUT2D eigenvalue weighted by molar-refractivity contribution is -0.132. The maximum Gasteiger partial charge on any atom is 0.259 e. The molecule has 0 radical (unpaired) electrons. The van der Waals surface area contributed by atoms with Crippen molar-refractivity contribution in [1.29, 1.82) is 5.26 Å². The third-order valence-corrected chi connectivity index (χ3v) is 4.81. The highest BCUT2D eigenvalue weighted by Gasteiger charge is 2.22. The first-order chi connectivity index (χ1) is 13.4. The molecule has 1 aliphatic heterocycles. The second-order valence-electron chi connectivity index (χ2n) is 7.33. The number of hydrogen-bond acceptors (Lipinski definition) is 5. The van der Waals surface area contributed by atoms with E-state index in [0.29, 0.717) is 36.6 Å². The Morgan fingerprint density at radius 1 is 1.36 bits per heavy atom. The van der Waals surface area contributed by atoms with Gasteiger partial charge in [0.25, 0.3) is 5.91 Å². The Hall–Kier alpha value is -3.34. The molecule has 3 rings (SSSR count). The summed E-state index contributed by atoms with van der Waals surface area (Å²) in [6, 6.07) is 3.79. The van der Waals surface area contributed by atoms with Gasteiger partial charge in [0, 0.05) is 49.7 Å². The van der Waals surface area contributed by atoms with Crippen LogP contribution in [0.1, 0.15) is 25.8 Å². The molecule has 0 spiro atoms. The van der Waals surface area contributed by atoms with Crippen molar-refractivity contribution in [2.45, 2.75) is 20.3 Å². The fourth-order valence-electron chi connectivity index (χ4n) is 3.31. The number of piperazine rings is 1. The van der Waals surface area contributed by atoms with Crippen molar-refractivity contribution in [2.24, 2.45) is 11.7 Å². The molecule has 0 unspecified atom stereocenters. The van der Waals surface area contributed by atoms with E-state index >= 15 is 0 Å². The first-order valence-corrected chi connectivity index (χ1v) is 9.30. The first-order valence-electron chi connectivity index (χ1n) is 9.30. The second kappa shape index (κ2) is 8.13. The quantitative estimate of drug-likeness (QED) is 0.604. The SMILES string of the molecule is CC(C)CC(=O)N1CCN(c2cnc3[nH]cc(/C=C(\C#N)C(N)=O)c3c2)CC1. The molecule has 3 N–H and O–H groups in total. The van der Waals surface area contributed by atoms with Crippen LogP contribution in [-0.4, -0.2) is 52.9 Å². The average Bonchev–Trinajstić information content (AvgIpc) is 3.07. The fraction of sp³-hybridized carbons (Fsp3) is 0.400. The first kappa shape index (κ1) is 19.4. The predicted molar refractivity (Wildman–Crippen MR) is 107 cm³/mol. The summed E-state index contributed by atoms with van der Waals surface area (Å²) in [7, 11) is 0. The lowest BCUT2D eigenvalue weighted by Gasteiger charge is -2.36. The normalized spacial score (nSPS) is 15.1. The van der Waals surface area contributed by atoms with Crippen LogP contribution >= 0.6 is 0 Å². The number of aromatic nitrogens is 2. The van der Waals surface area contributed by atoms with Gasteiger partial charge in [-0.1, -0.05) is 13.8 Å². The van der Waals surface area contributed by atoms with Gasteiger partial charge in [0.1, 0.15) is 17.3 Å². The highest BCUT2D eigenvalue weighted by Crippen LogP contribution is 2.25. The number of hydrogen-bond donors (Lipinski definition) is 2. The van der Waals surface area contributed by atoms with Gasteiger partial charge < -0.3 is 20.5 Å². The minimum Gasteiger partial charge on any atom is -0.367 e. The van der Waals surface area contributed by atoms with Gasteiger partial charge >= 0.3 is 0 Å². The molecule has 28 heavy (non-hydrogen) atoms. The summed E-state index contributed by atoms with van der Waals surface area (Å²) in [4.78, 5) is 35.2. The van der Waals surface area contributed by atoms with E-state index in [1.165, 1.54) is 6.08 Å². The van der Waals surface area contributed by atoms with Gasteiger partial charge in [-0.3, -0.25) is 9.59 Å². The van der Waals surface area contributed by atoms with E-state index in [-0.39, 0.29) is 11.5 Å². The average molecular weight is 380 g/mol. The Balaban J connectivity index is 1.78. The minimum atomic E-state index is -0.761. The molecule has 2 aromatic rings. The maximum atomic E-state index is 12.2. The van der Waals surface area contributed by atoms with Gasteiger partial charge in [0.05, 0.1) is 11.9 Å². The van der Waals surface area contributed by atoms with Crippen molar-refractivity contribution in [3.8, 4) is 6.07 Å². The van der Waals surface area contributed by atoms with Crippen LogP contribution in [0.4, 0.5) is 5.69 Å². The third kappa shape index (κ3) is 4.14. The Labute approximate surface area is 163 Å². The number of amides is 2. The zero-order valence-corrected chi connectivity index (χ0v) is 16.1. The van der Waals surface area contributed by atoms with Crippen LogP contribution in [-0.2, 0) is 9.59 Å². The Bertz CT molecular complexity index is 961. The Kier molecular flexibility index (Phi) is 5.64. The van der Waals surface area contributed by atoms with Gasteiger partial charge in [-0.2, -0.15) is 5.26 Å². The predicted octanol–water partition coefficient (Wildman–Crippen LogP) is 1.65. The number of fused-ring (bicyclic) bond motifs is 1. The van der Waals surface area contributed by atoms with Crippen molar-refractivity contribution >= 4 is 34.6 Å². The van der Waals surface area contributed by atoms with Crippen molar-refractivity contribution in [2.75, 3.05) is 31.1 Å². The molecule has 0 saturated carbocycles. The van der Waals surface area contributed by atoms with E-state index < -0.39 is 5.91 Å². The number of aromatic amines is 1. The van der Waals surface area contributed by atoms with E-state index in [4.69, 9.17) is 11.0 Å². The van der Waals surface area contributed by atoms with E-state index in [1.54, 1.807) is 12.4 Å². The molecule has 0 bridgehead atoms. The molecule has 1 saturated heterocycles. The van der Waals surface area contributed by atoms with Gasteiger partial charge in [-0.25, -0.2) is 4.98 Å². The van der Waals surface area contributed by atoms with Crippen LogP contribution in [0.15, 0.2) is 24.0 Å². The highest BCUT2D eigenvalue weighted by atomic mass is 16.2. The molecular weight excluding hydrogens is 356 g/mol. The monoisotopic (exact) mass is 380 g/mol. The van der Waals surface area contributed by atoms with Gasteiger partial charge in [0.15, 0.2) is 0 Å². The molecule has 146 valence electrons. The Morgan fingerprint density at radius 3 is 2.68 bits per heavy atom. The fourth-order valence-corrected chi connectivity index (χ4v) is 3.31. The molecule has 8 nitrogen and oxygen atoms in total. The Morgan fingerprint density at radius 2 is 2.07 bits per heavy atom. The smallest absolute Gasteiger partial charge is 0.259 e. The van der Waals surface area contributed by atoms with E-state index in [1.807, 2.05) is 30.9 Å². The standard InChI is InChI=1S/C20H24N6O2/c1-13(2)7-18(27)26-5-3-25(4-6-26)16-9-17-15(8-14(10-21)19(22)28)11-23-20(17)24-12-16/h8-9,11-13H,3-7H2,1-2H3,(H2,22,28)(H,23,24)/b14-8+. The zero-order chi connectivity index (χ0) is 20.3. The molecule has 8 heteroatoms. The molecule has 2 amide bonds. The van der Waals surface area contributed by atoms with E-state index in [2.05, 4.69) is 14.9 Å². The topological polar surface area (TPSA) is 119 Å². The van der Waals surface area contributed by atoms with Crippen LogP contribution in [0.5, 0.6) is 0 Å². The molecule has 1 aliphatic rings. The number of carbonyl (C=O) groups excluding carboxylic acids is 2. The summed E-state index contributed by atoms with van der Waals surface area (Å²) in [6.07, 6.45) is 5.53. The number of H-pyrrole nitrogens is 1. The van der Waals surface area contributed by atoms with Crippen LogP contribution < -0.4 is 10.6 Å². The van der Waals surface area contributed by atoms with Gasteiger partial charge in [0.2, 0.25) is 5.91 Å². The van der Waals surface area contributed by atoms with E-state index in [9.17, 15) is 9.59 Å². The van der Waals surface area contributed by atoms with Crippen LogP contribution in [0.2, 0.25) is 0 Å². The zero-order valence-electron chi connectivity index (χ0n) is 16.1. The molecule has 0 aliphatic carbocycles. The van der Waals surface area contributed by atoms with Crippen LogP contribution in [0, 0.1) is 17.2 Å². The van der Waals surface area contributed by atoms with Crippen LogP contribution in [0.25, 0.3) is 17.1 Å². The third-order valence-electron chi connectivity index (χ3n) is 4.81. The van der Waals surface area contributed by atoms with E-state index in [0.717, 1.165) is 24.2 Å². The molecule has 0 aromatic carbocycles. The van der Waals surface area contributed by atoms with Gasteiger partial charge in [-0.05, 0) is 18.1 Å². The summed E-state index contributed by atoms with van der Waals surface area (Å²) >= 11 is 0. The van der Waals surface area contributed by atoms with Gasteiger partial charge in [-0.15, -0.1) is 0 Å². The number of nitrogens with zero attached hydrogens (tertiary/aromatic N) is 4. The number of nitriles is 1. The molecular formula is C20H24N6O2. The summed E-state index contributed by atoms with van der Waals surface area (Å²) in [6.45, 7) is 6.93. The summed E-state index contributed by atoms with van der Waals surface area (Å²) in [5.74, 6) is -0.198. The number of anilines is 1. The van der Waals surface area contributed by atoms with Crippen molar-refractivity contribution in [3.63, 3.8) is 0 Å². The summed E-state index contributed by atoms with van der Waals surface area (Å²) in [5.41, 5.74) is 7.41. The number of pyridine rings is 1. The number of carbonyl (C=O) groups is 2.